The van der Waals surface area contributed by atoms with Crippen LogP contribution in [0.3, 0.4) is 0 Å². The van der Waals surface area contributed by atoms with Crippen molar-refractivity contribution in [2.45, 2.75) is 38.1 Å². The Balaban J connectivity index is 0.000000260. The van der Waals surface area contributed by atoms with Crippen molar-refractivity contribution >= 4 is 23.7 Å². The predicted molar refractivity (Wildman–Crippen MR) is 134 cm³/mol. The Kier molecular flexibility index (Phi) is 10.9. The summed E-state index contributed by atoms with van der Waals surface area (Å²) < 4.78 is 24.8. The zero-order valence-electron chi connectivity index (χ0n) is 21.6. The first kappa shape index (κ1) is 29.1. The Bertz CT molecular complexity index is 1080. The molecule has 11 heteroatoms. The van der Waals surface area contributed by atoms with Gasteiger partial charge in [-0.15, -0.1) is 0 Å². The van der Waals surface area contributed by atoms with Crippen molar-refractivity contribution in [3.8, 4) is 11.5 Å². The zero-order chi connectivity index (χ0) is 27.5. The van der Waals surface area contributed by atoms with Crippen molar-refractivity contribution in [2.24, 2.45) is 4.99 Å². The largest absolute Gasteiger partial charge is 0.497 e. The molecule has 0 aromatic heterocycles. The van der Waals surface area contributed by atoms with E-state index in [4.69, 9.17) is 14.2 Å². The van der Waals surface area contributed by atoms with Crippen LogP contribution in [0.1, 0.15) is 29.8 Å². The standard InChI is InChI=1S/C13H17NO5.C13H15NO4/c1-8(15)11(13(17)19-3)14-12(16)9-4-6-10(18-2)7-5-9;1-8-11(13(15)17-3)14-12(18-8)9-4-6-10(16-2)7-5-9/h4-8,11,15H,1-3H3,(H,14,16);4-8,11H,1-3H3/t2*8-,11+/m11/s1. The minimum atomic E-state index is -1.10. The minimum Gasteiger partial charge on any atom is -0.497 e. The quantitative estimate of drug-likeness (QED) is 0.502. The number of hydrogen-bond acceptors (Lipinski definition) is 10. The summed E-state index contributed by atoms with van der Waals surface area (Å²) in [5.74, 6) is 0.286. The molecular formula is C26H32N2O9. The molecule has 1 amide bonds. The van der Waals surface area contributed by atoms with Crippen LogP contribution in [0.4, 0.5) is 0 Å². The van der Waals surface area contributed by atoms with Crippen LogP contribution in [0.15, 0.2) is 53.5 Å². The molecule has 0 unspecified atom stereocenters. The monoisotopic (exact) mass is 516 g/mol. The van der Waals surface area contributed by atoms with Crippen LogP contribution in [0.25, 0.3) is 0 Å². The molecule has 0 spiro atoms. The number of nitrogens with zero attached hydrogens (tertiary/aromatic N) is 1. The first-order valence-corrected chi connectivity index (χ1v) is 11.3. The van der Waals surface area contributed by atoms with Crippen LogP contribution in [0.5, 0.6) is 11.5 Å². The normalized spacial score (nSPS) is 17.5. The summed E-state index contributed by atoms with van der Waals surface area (Å²) in [6.07, 6.45) is -1.36. The lowest BCUT2D eigenvalue weighted by Crippen LogP contribution is -2.48. The molecule has 0 saturated carbocycles. The summed E-state index contributed by atoms with van der Waals surface area (Å²) >= 11 is 0. The van der Waals surface area contributed by atoms with Gasteiger partial charge in [-0.05, 0) is 62.4 Å². The Morgan fingerprint density at radius 2 is 1.46 bits per heavy atom. The summed E-state index contributed by atoms with van der Waals surface area (Å²) in [7, 11) is 5.66. The van der Waals surface area contributed by atoms with E-state index in [0.717, 1.165) is 11.3 Å². The third-order valence-electron chi connectivity index (χ3n) is 5.35. The van der Waals surface area contributed by atoms with Crippen LogP contribution >= 0.6 is 0 Å². The highest BCUT2D eigenvalue weighted by molar-refractivity contribution is 5.98. The molecule has 0 fully saturated rings. The fourth-order valence-electron chi connectivity index (χ4n) is 3.21. The molecule has 0 saturated heterocycles. The SMILES string of the molecule is COC(=O)[C@@H](NC(=O)c1ccc(OC)cc1)[C@@H](C)O.COC(=O)[C@H]1N=C(c2ccc(OC)cc2)O[C@@H]1C. The maximum absolute atomic E-state index is 11.9. The molecule has 0 radical (unpaired) electrons. The number of ether oxygens (including phenoxy) is 5. The zero-order valence-corrected chi connectivity index (χ0v) is 21.6. The number of methoxy groups -OCH3 is 4. The van der Waals surface area contributed by atoms with Crippen LogP contribution < -0.4 is 14.8 Å². The highest BCUT2D eigenvalue weighted by Gasteiger charge is 2.34. The number of carbonyl (C=O) groups excluding carboxylic acids is 3. The molecule has 1 aliphatic rings. The van der Waals surface area contributed by atoms with Crippen LogP contribution in [0, 0.1) is 0 Å². The van der Waals surface area contributed by atoms with Crippen LogP contribution in [0.2, 0.25) is 0 Å². The van der Waals surface area contributed by atoms with E-state index >= 15 is 0 Å². The van der Waals surface area contributed by atoms with Gasteiger partial charge in [0, 0.05) is 11.1 Å². The predicted octanol–water partition coefficient (Wildman–Crippen LogP) is 1.75. The van der Waals surface area contributed by atoms with Crippen LogP contribution in [-0.2, 0) is 23.8 Å². The third kappa shape index (κ3) is 7.94. The number of aliphatic imine (C=N–C) groups is 1. The number of amides is 1. The molecule has 11 nitrogen and oxygen atoms in total. The molecule has 2 N–H and O–H groups in total. The van der Waals surface area contributed by atoms with Gasteiger partial charge in [0.2, 0.25) is 5.90 Å². The van der Waals surface area contributed by atoms with Crippen molar-refractivity contribution in [2.75, 3.05) is 28.4 Å². The maximum Gasteiger partial charge on any atom is 0.334 e. The topological polar surface area (TPSA) is 142 Å². The Labute approximate surface area is 215 Å². The summed E-state index contributed by atoms with van der Waals surface area (Å²) in [6, 6.07) is 12.0. The second-order valence-corrected chi connectivity index (χ2v) is 7.90. The highest BCUT2D eigenvalue weighted by atomic mass is 16.5. The molecule has 4 atom stereocenters. The summed E-state index contributed by atoms with van der Waals surface area (Å²) in [6.45, 7) is 3.19. The van der Waals surface area contributed by atoms with Gasteiger partial charge in [-0.3, -0.25) is 4.79 Å². The maximum atomic E-state index is 11.9. The number of esters is 2. The smallest absolute Gasteiger partial charge is 0.334 e. The minimum absolute atomic E-state index is 0.311. The van der Waals surface area contributed by atoms with Gasteiger partial charge in [-0.2, -0.15) is 0 Å². The van der Waals surface area contributed by atoms with Crippen molar-refractivity contribution in [3.63, 3.8) is 0 Å². The molecule has 0 bridgehead atoms. The van der Waals surface area contributed by atoms with E-state index in [1.807, 2.05) is 24.3 Å². The molecule has 2 aromatic carbocycles. The lowest BCUT2D eigenvalue weighted by molar-refractivity contribution is -0.145. The van der Waals surface area contributed by atoms with E-state index in [2.05, 4.69) is 19.8 Å². The van der Waals surface area contributed by atoms with Gasteiger partial charge in [-0.1, -0.05) is 0 Å². The van der Waals surface area contributed by atoms with E-state index in [-0.39, 0.29) is 12.1 Å². The number of aliphatic hydroxyl groups is 1. The average Bonchev–Trinajstić information content (AvgIpc) is 3.32. The molecule has 0 aliphatic carbocycles. The second-order valence-electron chi connectivity index (χ2n) is 7.90. The molecule has 1 heterocycles. The number of nitrogens with one attached hydrogen (secondary N) is 1. The molecular weight excluding hydrogens is 484 g/mol. The molecule has 2 aromatic rings. The van der Waals surface area contributed by atoms with Crippen molar-refractivity contribution in [3.05, 3.63) is 59.7 Å². The average molecular weight is 517 g/mol. The first-order chi connectivity index (χ1) is 17.6. The molecule has 37 heavy (non-hydrogen) atoms. The fraction of sp³-hybridized carbons (Fsp3) is 0.385. The van der Waals surface area contributed by atoms with Gasteiger partial charge in [0.05, 0.1) is 34.5 Å². The van der Waals surface area contributed by atoms with E-state index in [1.165, 1.54) is 28.3 Å². The van der Waals surface area contributed by atoms with Crippen molar-refractivity contribution < 1.29 is 43.2 Å². The molecule has 1 aliphatic heterocycles. The van der Waals surface area contributed by atoms with E-state index in [9.17, 15) is 19.5 Å². The van der Waals surface area contributed by atoms with E-state index in [1.54, 1.807) is 38.3 Å². The Morgan fingerprint density at radius 1 is 0.919 bits per heavy atom. The summed E-state index contributed by atoms with van der Waals surface area (Å²) in [5, 5.41) is 11.9. The Hall–Kier alpha value is -4.12. The van der Waals surface area contributed by atoms with E-state index in [0.29, 0.717) is 17.2 Å². The van der Waals surface area contributed by atoms with Gasteiger partial charge >= 0.3 is 11.9 Å². The first-order valence-electron chi connectivity index (χ1n) is 11.3. The third-order valence-corrected chi connectivity index (χ3v) is 5.35. The lowest BCUT2D eigenvalue weighted by Gasteiger charge is -2.18. The summed E-state index contributed by atoms with van der Waals surface area (Å²) in [5.41, 5.74) is 1.17. The van der Waals surface area contributed by atoms with E-state index < -0.39 is 30.1 Å². The fourth-order valence-corrected chi connectivity index (χ4v) is 3.21. The number of aliphatic hydroxyl groups excluding tert-OH is 1. The number of benzene rings is 2. The molecule has 3 rings (SSSR count). The summed E-state index contributed by atoms with van der Waals surface area (Å²) in [4.78, 5) is 39.0. The Morgan fingerprint density at radius 3 is 1.92 bits per heavy atom. The number of hydrogen-bond donors (Lipinski definition) is 2. The lowest BCUT2D eigenvalue weighted by atomic mass is 10.1. The highest BCUT2D eigenvalue weighted by Crippen LogP contribution is 2.20. The van der Waals surface area contributed by atoms with Gasteiger partial charge in [-0.25, -0.2) is 14.6 Å². The second kappa shape index (κ2) is 13.8. The van der Waals surface area contributed by atoms with Gasteiger partial charge < -0.3 is 34.1 Å². The van der Waals surface area contributed by atoms with Gasteiger partial charge in [0.15, 0.2) is 12.1 Å². The molecule has 200 valence electrons. The number of rotatable bonds is 8. The van der Waals surface area contributed by atoms with Crippen molar-refractivity contribution in [1.82, 2.24) is 5.32 Å². The van der Waals surface area contributed by atoms with Crippen LogP contribution in [-0.4, -0.2) is 81.6 Å². The van der Waals surface area contributed by atoms with Gasteiger partial charge in [0.25, 0.3) is 5.91 Å². The van der Waals surface area contributed by atoms with Gasteiger partial charge in [0.1, 0.15) is 17.6 Å². The van der Waals surface area contributed by atoms with Crippen molar-refractivity contribution in [1.29, 1.82) is 0 Å². The number of carbonyl (C=O) groups is 3.